The molecule has 0 fully saturated rings. The van der Waals surface area contributed by atoms with E-state index in [0.717, 1.165) is 57.4 Å². The molecule has 0 radical (unpaired) electrons. The molecular weight excluding hydrogens is 364 g/mol. The largest absolute Gasteiger partial charge is 0.477 e. The number of rotatable bonds is 4. The van der Waals surface area contributed by atoms with Crippen LogP contribution in [0, 0.1) is 0 Å². The molecule has 29 heavy (non-hydrogen) atoms. The van der Waals surface area contributed by atoms with Gasteiger partial charge in [0, 0.05) is 41.0 Å². The molecule has 1 N–H and O–H groups in total. The van der Waals surface area contributed by atoms with E-state index in [1.54, 1.807) is 4.68 Å². The SMILES string of the molecule is CCCn1nc2c(c1C(=O)O)CCc1cnc(-c3cnc4ccccc4c3)cc1-2. The third kappa shape index (κ3) is 2.88. The van der Waals surface area contributed by atoms with Gasteiger partial charge in [0.1, 0.15) is 5.69 Å². The Kier molecular flexibility index (Phi) is 4.12. The summed E-state index contributed by atoms with van der Waals surface area (Å²) in [6, 6.07) is 12.1. The van der Waals surface area contributed by atoms with Crippen LogP contribution in [-0.4, -0.2) is 30.8 Å². The molecule has 0 aliphatic heterocycles. The highest BCUT2D eigenvalue weighted by atomic mass is 16.4. The molecule has 0 spiro atoms. The van der Waals surface area contributed by atoms with E-state index in [1.807, 2.05) is 49.6 Å². The van der Waals surface area contributed by atoms with Crippen LogP contribution in [-0.2, 0) is 19.4 Å². The zero-order valence-electron chi connectivity index (χ0n) is 16.1. The number of nitrogens with zero attached hydrogens (tertiary/aromatic N) is 4. The van der Waals surface area contributed by atoms with Gasteiger partial charge in [-0.15, -0.1) is 0 Å². The maximum Gasteiger partial charge on any atom is 0.354 e. The Morgan fingerprint density at radius 1 is 1.14 bits per heavy atom. The molecule has 3 heterocycles. The molecule has 144 valence electrons. The number of hydrogen-bond acceptors (Lipinski definition) is 4. The first kappa shape index (κ1) is 17.6. The molecule has 0 bridgehead atoms. The third-order valence-corrected chi connectivity index (χ3v) is 5.46. The summed E-state index contributed by atoms with van der Waals surface area (Å²) in [5, 5.41) is 15.5. The molecule has 0 atom stereocenters. The monoisotopic (exact) mass is 384 g/mol. The first-order valence-corrected chi connectivity index (χ1v) is 9.83. The summed E-state index contributed by atoms with van der Waals surface area (Å²) in [5.74, 6) is -0.913. The first-order chi connectivity index (χ1) is 14.2. The van der Waals surface area contributed by atoms with Crippen molar-refractivity contribution in [1.82, 2.24) is 19.7 Å². The Morgan fingerprint density at radius 2 is 2.00 bits per heavy atom. The van der Waals surface area contributed by atoms with Gasteiger partial charge < -0.3 is 5.11 Å². The Hall–Kier alpha value is -3.54. The first-order valence-electron chi connectivity index (χ1n) is 9.83. The van der Waals surface area contributed by atoms with Crippen molar-refractivity contribution in [2.75, 3.05) is 0 Å². The predicted octanol–water partition coefficient (Wildman–Crippen LogP) is 4.37. The smallest absolute Gasteiger partial charge is 0.354 e. The van der Waals surface area contributed by atoms with E-state index in [2.05, 4.69) is 21.1 Å². The van der Waals surface area contributed by atoms with Crippen molar-refractivity contribution in [3.63, 3.8) is 0 Å². The van der Waals surface area contributed by atoms with Crippen LogP contribution in [0.25, 0.3) is 33.4 Å². The normalized spacial score (nSPS) is 12.6. The zero-order chi connectivity index (χ0) is 20.0. The van der Waals surface area contributed by atoms with Gasteiger partial charge in [0.05, 0.1) is 16.9 Å². The van der Waals surface area contributed by atoms with Crippen molar-refractivity contribution in [1.29, 1.82) is 0 Å². The van der Waals surface area contributed by atoms with E-state index < -0.39 is 5.97 Å². The van der Waals surface area contributed by atoms with Crippen LogP contribution in [0.5, 0.6) is 0 Å². The quantitative estimate of drug-likeness (QED) is 0.565. The molecule has 5 rings (SSSR count). The summed E-state index contributed by atoms with van der Waals surface area (Å²) in [6.45, 7) is 2.62. The number of carboxylic acids is 1. The minimum atomic E-state index is -0.913. The molecule has 0 amide bonds. The average molecular weight is 384 g/mol. The van der Waals surface area contributed by atoms with Crippen LogP contribution in [0.3, 0.4) is 0 Å². The van der Waals surface area contributed by atoms with E-state index in [1.165, 1.54) is 0 Å². The van der Waals surface area contributed by atoms with Crippen molar-refractivity contribution in [2.45, 2.75) is 32.7 Å². The third-order valence-electron chi connectivity index (χ3n) is 5.46. The summed E-state index contributed by atoms with van der Waals surface area (Å²) in [4.78, 5) is 21.1. The Bertz CT molecular complexity index is 1260. The molecule has 6 heteroatoms. The van der Waals surface area contributed by atoms with Crippen LogP contribution in [0.1, 0.15) is 35.0 Å². The van der Waals surface area contributed by atoms with Crippen molar-refractivity contribution in [3.05, 3.63) is 65.6 Å². The molecular formula is C23H20N4O2. The van der Waals surface area contributed by atoms with Crippen molar-refractivity contribution in [3.8, 4) is 22.5 Å². The molecule has 0 saturated carbocycles. The summed E-state index contributed by atoms with van der Waals surface area (Å²) < 4.78 is 1.64. The fourth-order valence-corrected chi connectivity index (χ4v) is 4.10. The van der Waals surface area contributed by atoms with Gasteiger partial charge in [0.2, 0.25) is 0 Å². The number of benzene rings is 1. The van der Waals surface area contributed by atoms with Crippen molar-refractivity contribution < 1.29 is 9.90 Å². The van der Waals surface area contributed by atoms with Gasteiger partial charge >= 0.3 is 5.97 Å². The number of fused-ring (bicyclic) bond motifs is 4. The number of carboxylic acid groups (broad SMARTS) is 1. The Labute approximate surface area is 167 Å². The lowest BCUT2D eigenvalue weighted by Gasteiger charge is -2.16. The molecule has 0 saturated heterocycles. The summed E-state index contributed by atoms with van der Waals surface area (Å²) in [6.07, 6.45) is 6.00. The average Bonchev–Trinajstić information content (AvgIpc) is 3.12. The maximum absolute atomic E-state index is 11.9. The Morgan fingerprint density at radius 3 is 2.83 bits per heavy atom. The molecule has 4 aromatic rings. The van der Waals surface area contributed by atoms with Gasteiger partial charge in [-0.1, -0.05) is 25.1 Å². The molecule has 0 unspecified atom stereocenters. The Balaban J connectivity index is 1.65. The minimum absolute atomic E-state index is 0.318. The lowest BCUT2D eigenvalue weighted by molar-refractivity contribution is 0.0682. The van der Waals surface area contributed by atoms with Crippen LogP contribution in [0.15, 0.2) is 48.8 Å². The van der Waals surface area contributed by atoms with Crippen LogP contribution >= 0.6 is 0 Å². The maximum atomic E-state index is 11.9. The second-order valence-corrected chi connectivity index (χ2v) is 7.35. The van der Waals surface area contributed by atoms with Gasteiger partial charge in [0.25, 0.3) is 0 Å². The fraction of sp³-hybridized carbons (Fsp3) is 0.217. The van der Waals surface area contributed by atoms with E-state index in [-0.39, 0.29) is 0 Å². The molecule has 6 nitrogen and oxygen atoms in total. The van der Waals surface area contributed by atoms with Gasteiger partial charge in [-0.25, -0.2) is 4.79 Å². The number of aromatic nitrogens is 4. The number of carbonyl (C=O) groups is 1. The minimum Gasteiger partial charge on any atom is -0.477 e. The number of aromatic carboxylic acids is 1. The lowest BCUT2D eigenvalue weighted by atomic mass is 9.89. The standard InChI is InChI=1S/C23H20N4O2/c1-2-9-27-22(23(28)29)17-8-7-15-12-25-20(11-18(15)21(17)26-27)16-10-14-5-3-4-6-19(14)24-13-16/h3-6,10-13H,2,7-9H2,1H3,(H,28,29). The second kappa shape index (κ2) is 6.81. The number of aryl methyl sites for hydroxylation is 2. The molecule has 1 aliphatic carbocycles. The fourth-order valence-electron chi connectivity index (χ4n) is 4.10. The second-order valence-electron chi connectivity index (χ2n) is 7.35. The van der Waals surface area contributed by atoms with Crippen LogP contribution in [0.4, 0.5) is 0 Å². The van der Waals surface area contributed by atoms with Crippen LogP contribution < -0.4 is 0 Å². The topological polar surface area (TPSA) is 80.9 Å². The van der Waals surface area contributed by atoms with Gasteiger partial charge in [0.15, 0.2) is 0 Å². The van der Waals surface area contributed by atoms with E-state index in [4.69, 9.17) is 0 Å². The summed E-state index contributed by atoms with van der Waals surface area (Å²) >= 11 is 0. The summed E-state index contributed by atoms with van der Waals surface area (Å²) in [7, 11) is 0. The van der Waals surface area contributed by atoms with E-state index in [9.17, 15) is 9.90 Å². The van der Waals surface area contributed by atoms with Gasteiger partial charge in [-0.3, -0.25) is 14.6 Å². The molecule has 3 aromatic heterocycles. The van der Waals surface area contributed by atoms with Gasteiger partial charge in [-0.05, 0) is 43.0 Å². The highest BCUT2D eigenvalue weighted by molar-refractivity contribution is 5.91. The number of hydrogen-bond donors (Lipinski definition) is 1. The van der Waals surface area contributed by atoms with Crippen LogP contribution in [0.2, 0.25) is 0 Å². The highest BCUT2D eigenvalue weighted by Crippen LogP contribution is 2.36. The lowest BCUT2D eigenvalue weighted by Crippen LogP contribution is -2.12. The number of pyridine rings is 2. The summed E-state index contributed by atoms with van der Waals surface area (Å²) in [5.41, 5.74) is 6.69. The predicted molar refractivity (Wildman–Crippen MR) is 111 cm³/mol. The van der Waals surface area contributed by atoms with Crippen molar-refractivity contribution >= 4 is 16.9 Å². The van der Waals surface area contributed by atoms with Gasteiger partial charge in [-0.2, -0.15) is 5.10 Å². The van der Waals surface area contributed by atoms with E-state index in [0.29, 0.717) is 18.7 Å². The highest BCUT2D eigenvalue weighted by Gasteiger charge is 2.28. The molecule has 1 aliphatic rings. The zero-order valence-corrected chi connectivity index (χ0v) is 16.1. The van der Waals surface area contributed by atoms with Crippen molar-refractivity contribution in [2.24, 2.45) is 0 Å². The molecule has 1 aromatic carbocycles. The number of para-hydroxylation sites is 1. The van der Waals surface area contributed by atoms with E-state index >= 15 is 0 Å².